The largest absolute Gasteiger partial charge is 0.273 e. The Hall–Kier alpha value is -1.88. The van der Waals surface area contributed by atoms with E-state index in [1.54, 1.807) is 36.7 Å². The van der Waals surface area contributed by atoms with Crippen LogP contribution in [0.5, 0.6) is 0 Å². The molecule has 0 radical (unpaired) electrons. The zero-order valence-corrected chi connectivity index (χ0v) is 13.9. The van der Waals surface area contributed by atoms with E-state index >= 15 is 0 Å². The Morgan fingerprint density at radius 2 is 1.65 bits per heavy atom. The summed E-state index contributed by atoms with van der Waals surface area (Å²) >= 11 is 18.1. The van der Waals surface area contributed by atoms with Gasteiger partial charge in [-0.3, -0.25) is 19.5 Å². The number of aromatic nitrogens is 1. The van der Waals surface area contributed by atoms with Crippen molar-refractivity contribution in [2.45, 2.75) is 6.54 Å². The van der Waals surface area contributed by atoms with Crippen LogP contribution in [0.25, 0.3) is 5.57 Å². The molecule has 0 N–H and O–H groups in total. The minimum atomic E-state index is -0.547. The third kappa shape index (κ3) is 2.98. The van der Waals surface area contributed by atoms with Gasteiger partial charge in [0, 0.05) is 23.0 Å². The molecule has 0 aliphatic carbocycles. The summed E-state index contributed by atoms with van der Waals surface area (Å²) in [6.45, 7) is 0.116. The van der Waals surface area contributed by atoms with E-state index in [9.17, 15) is 9.59 Å². The Kier molecular flexibility index (Phi) is 4.39. The fraction of sp³-hybridized carbons (Fsp3) is 0.0625. The number of carbonyl (C=O) groups is 2. The van der Waals surface area contributed by atoms with Crippen molar-refractivity contribution >= 4 is 52.2 Å². The quantitative estimate of drug-likeness (QED) is 0.773. The number of hydrogen-bond acceptors (Lipinski definition) is 3. The monoisotopic (exact) mass is 366 g/mol. The van der Waals surface area contributed by atoms with Crippen LogP contribution in [0, 0.1) is 0 Å². The van der Waals surface area contributed by atoms with Crippen LogP contribution in [0.4, 0.5) is 0 Å². The van der Waals surface area contributed by atoms with E-state index < -0.39 is 11.8 Å². The van der Waals surface area contributed by atoms with Crippen LogP contribution in [0.15, 0.2) is 47.8 Å². The fourth-order valence-electron chi connectivity index (χ4n) is 2.29. The Morgan fingerprint density at radius 3 is 2.30 bits per heavy atom. The van der Waals surface area contributed by atoms with E-state index in [1.807, 2.05) is 0 Å². The van der Waals surface area contributed by atoms with Gasteiger partial charge in [0.2, 0.25) is 0 Å². The van der Waals surface area contributed by atoms with Crippen LogP contribution in [0.3, 0.4) is 0 Å². The summed E-state index contributed by atoms with van der Waals surface area (Å²) in [5.41, 5.74) is 1.25. The third-order valence-corrected chi connectivity index (χ3v) is 4.30. The van der Waals surface area contributed by atoms with Gasteiger partial charge in [-0.05, 0) is 29.8 Å². The average Bonchev–Trinajstić information content (AvgIpc) is 2.73. The predicted molar refractivity (Wildman–Crippen MR) is 89.0 cm³/mol. The highest BCUT2D eigenvalue weighted by Gasteiger charge is 2.38. The first-order valence-corrected chi connectivity index (χ1v) is 7.72. The van der Waals surface area contributed by atoms with Crippen molar-refractivity contribution in [2.75, 3.05) is 0 Å². The first-order valence-electron chi connectivity index (χ1n) is 6.59. The summed E-state index contributed by atoms with van der Waals surface area (Å²) in [7, 11) is 0. The molecule has 1 aliphatic rings. The van der Waals surface area contributed by atoms with Crippen molar-refractivity contribution in [3.05, 3.63) is 68.9 Å². The van der Waals surface area contributed by atoms with Crippen LogP contribution >= 0.6 is 34.8 Å². The number of hydrogen-bond donors (Lipinski definition) is 0. The number of pyridine rings is 1. The Balaban J connectivity index is 1.96. The normalized spacial score (nSPS) is 14.8. The molecule has 0 bridgehead atoms. The van der Waals surface area contributed by atoms with Gasteiger partial charge in [0.15, 0.2) is 0 Å². The Bertz CT molecular complexity index is 834. The minimum absolute atomic E-state index is 0.0902. The highest BCUT2D eigenvalue weighted by Crippen LogP contribution is 2.36. The molecule has 1 aromatic heterocycles. The number of benzene rings is 1. The van der Waals surface area contributed by atoms with Crippen LogP contribution < -0.4 is 0 Å². The van der Waals surface area contributed by atoms with Crippen LogP contribution in [-0.4, -0.2) is 21.7 Å². The summed E-state index contributed by atoms with van der Waals surface area (Å²) in [5, 5.41) is 0.548. The smallest absolute Gasteiger partial charge is 0.269 e. The molecule has 1 aliphatic heterocycles. The van der Waals surface area contributed by atoms with Crippen molar-refractivity contribution in [3.8, 4) is 0 Å². The lowest BCUT2D eigenvalue weighted by Crippen LogP contribution is -2.30. The molecule has 2 aromatic rings. The van der Waals surface area contributed by atoms with Gasteiger partial charge in [-0.1, -0.05) is 40.9 Å². The Labute approximate surface area is 147 Å². The molecule has 0 atom stereocenters. The molecule has 23 heavy (non-hydrogen) atoms. The summed E-state index contributed by atoms with van der Waals surface area (Å²) in [5.74, 6) is -1.03. The molecule has 0 spiro atoms. The van der Waals surface area contributed by atoms with Crippen molar-refractivity contribution in [1.29, 1.82) is 0 Å². The predicted octanol–water partition coefficient (Wildman–Crippen LogP) is 3.91. The van der Waals surface area contributed by atoms with E-state index in [4.69, 9.17) is 34.8 Å². The lowest BCUT2D eigenvalue weighted by Gasteiger charge is -2.15. The second-order valence-corrected chi connectivity index (χ2v) is 6.09. The third-order valence-electron chi connectivity index (χ3n) is 3.40. The highest BCUT2D eigenvalue weighted by atomic mass is 35.5. The van der Waals surface area contributed by atoms with Crippen molar-refractivity contribution < 1.29 is 9.59 Å². The summed E-state index contributed by atoms with van der Waals surface area (Å²) < 4.78 is 0. The van der Waals surface area contributed by atoms with Crippen LogP contribution in [-0.2, 0) is 16.1 Å². The molecule has 1 aromatic carbocycles. The first kappa shape index (κ1) is 16.0. The molecule has 0 unspecified atom stereocenters. The fourth-order valence-corrected chi connectivity index (χ4v) is 3.07. The average molecular weight is 368 g/mol. The van der Waals surface area contributed by atoms with Gasteiger partial charge in [-0.2, -0.15) is 0 Å². The molecular formula is C16H9Cl3N2O2. The van der Waals surface area contributed by atoms with Crippen LogP contribution in [0.2, 0.25) is 10.0 Å². The van der Waals surface area contributed by atoms with Gasteiger partial charge in [-0.25, -0.2) is 0 Å². The molecule has 0 saturated carbocycles. The minimum Gasteiger partial charge on any atom is -0.269 e. The maximum absolute atomic E-state index is 12.6. The second-order valence-electron chi connectivity index (χ2n) is 4.87. The molecule has 4 nitrogen and oxygen atoms in total. The van der Waals surface area contributed by atoms with Crippen LogP contribution in [0.1, 0.15) is 11.1 Å². The molecule has 3 rings (SSSR count). The number of amides is 2. The van der Waals surface area contributed by atoms with Crippen molar-refractivity contribution in [3.63, 3.8) is 0 Å². The van der Waals surface area contributed by atoms with Crippen molar-refractivity contribution in [1.82, 2.24) is 9.88 Å². The second kappa shape index (κ2) is 6.32. The molecule has 0 saturated heterocycles. The van der Waals surface area contributed by atoms with Gasteiger partial charge in [0.25, 0.3) is 11.8 Å². The van der Waals surface area contributed by atoms with E-state index in [1.165, 1.54) is 6.07 Å². The number of halogens is 3. The number of rotatable bonds is 3. The molecular weight excluding hydrogens is 359 g/mol. The highest BCUT2D eigenvalue weighted by molar-refractivity contribution is 6.55. The molecule has 0 fully saturated rings. The standard InChI is InChI=1S/C16H9Cl3N2O2/c17-10-1-2-11(12(18)7-10)13-14(19)16(23)21(15(13)22)8-9-3-5-20-6-4-9/h1-7H,8H2. The maximum Gasteiger partial charge on any atom is 0.273 e. The van der Waals surface area contributed by atoms with Gasteiger partial charge < -0.3 is 0 Å². The molecule has 2 amide bonds. The zero-order chi connectivity index (χ0) is 16.6. The number of imide groups is 1. The topological polar surface area (TPSA) is 50.3 Å². The lowest BCUT2D eigenvalue weighted by atomic mass is 10.1. The van der Waals surface area contributed by atoms with Crippen molar-refractivity contribution in [2.24, 2.45) is 0 Å². The van der Waals surface area contributed by atoms with E-state index in [-0.39, 0.29) is 22.2 Å². The SMILES string of the molecule is O=C1C(Cl)=C(c2ccc(Cl)cc2Cl)C(=O)N1Cc1ccncc1. The number of nitrogens with zero attached hydrogens (tertiary/aromatic N) is 2. The lowest BCUT2D eigenvalue weighted by molar-refractivity contribution is -0.137. The first-order chi connectivity index (χ1) is 11.0. The maximum atomic E-state index is 12.6. The Morgan fingerprint density at radius 1 is 0.957 bits per heavy atom. The number of carbonyl (C=O) groups excluding carboxylic acids is 2. The van der Waals surface area contributed by atoms with E-state index in [0.717, 1.165) is 10.5 Å². The summed E-state index contributed by atoms with van der Waals surface area (Å²) in [6, 6.07) is 8.11. The zero-order valence-electron chi connectivity index (χ0n) is 11.6. The molecule has 7 heteroatoms. The summed E-state index contributed by atoms with van der Waals surface area (Å²) in [6.07, 6.45) is 3.18. The van der Waals surface area contributed by atoms with Gasteiger partial charge >= 0.3 is 0 Å². The van der Waals surface area contributed by atoms with Gasteiger partial charge in [-0.15, -0.1) is 0 Å². The van der Waals surface area contributed by atoms with E-state index in [0.29, 0.717) is 10.6 Å². The molecule has 116 valence electrons. The van der Waals surface area contributed by atoms with Gasteiger partial charge in [0.05, 0.1) is 17.1 Å². The molecule has 2 heterocycles. The summed E-state index contributed by atoms with van der Waals surface area (Å²) in [4.78, 5) is 29.9. The van der Waals surface area contributed by atoms with Gasteiger partial charge in [0.1, 0.15) is 5.03 Å². The van der Waals surface area contributed by atoms with E-state index in [2.05, 4.69) is 4.98 Å².